The molecule has 0 aromatic heterocycles. The zero-order chi connectivity index (χ0) is 27.7. The number of hydrogen-bond acceptors (Lipinski definition) is 8. The van der Waals surface area contributed by atoms with E-state index in [0.717, 1.165) is 4.31 Å². The number of methoxy groups -OCH3 is 4. The first-order valence-corrected chi connectivity index (χ1v) is 12.8. The van der Waals surface area contributed by atoms with Crippen molar-refractivity contribution >= 4 is 21.6 Å². The summed E-state index contributed by atoms with van der Waals surface area (Å²) < 4.78 is 68.3. The van der Waals surface area contributed by atoms with Crippen LogP contribution in [0.5, 0.6) is 28.7 Å². The SMILES string of the molecule is COc1ccc(OC)c(N(CC(=O)NCCOc2ccc(F)cc2)S(=O)(=O)c2ccc(OC)c(OC)c2)c1. The van der Waals surface area contributed by atoms with Gasteiger partial charge in [0.05, 0.1) is 45.6 Å². The summed E-state index contributed by atoms with van der Waals surface area (Å²) in [5.74, 6) is 0.559. The molecule has 0 saturated heterocycles. The maximum atomic E-state index is 13.8. The standard InChI is InChI=1S/C26H29FN2O8S/c1-33-20-9-11-23(34-2)22(15-20)29(38(31,32)21-10-12-24(35-3)25(16-21)36-4)17-26(30)28-13-14-37-19-7-5-18(27)6-8-19/h5-12,15-16H,13-14,17H2,1-4H3,(H,28,30). The smallest absolute Gasteiger partial charge is 0.265 e. The number of nitrogens with zero attached hydrogens (tertiary/aromatic N) is 1. The predicted octanol–water partition coefficient (Wildman–Crippen LogP) is 3.25. The van der Waals surface area contributed by atoms with E-state index in [-0.39, 0.29) is 35.2 Å². The molecule has 1 N–H and O–H groups in total. The van der Waals surface area contributed by atoms with Crippen LogP contribution in [0.25, 0.3) is 0 Å². The highest BCUT2D eigenvalue weighted by molar-refractivity contribution is 7.92. The predicted molar refractivity (Wildman–Crippen MR) is 139 cm³/mol. The fourth-order valence-corrected chi connectivity index (χ4v) is 4.91. The molecule has 204 valence electrons. The van der Waals surface area contributed by atoms with Crippen molar-refractivity contribution in [2.45, 2.75) is 4.90 Å². The molecule has 0 radical (unpaired) electrons. The van der Waals surface area contributed by atoms with Crippen LogP contribution < -0.4 is 33.3 Å². The van der Waals surface area contributed by atoms with Gasteiger partial charge >= 0.3 is 0 Å². The zero-order valence-electron chi connectivity index (χ0n) is 21.4. The fraction of sp³-hybridized carbons (Fsp3) is 0.269. The highest BCUT2D eigenvalue weighted by Gasteiger charge is 2.31. The molecule has 3 rings (SSSR count). The van der Waals surface area contributed by atoms with E-state index in [1.165, 1.54) is 77.0 Å². The molecule has 10 nitrogen and oxygen atoms in total. The van der Waals surface area contributed by atoms with Crippen molar-refractivity contribution in [3.8, 4) is 28.7 Å². The third-order valence-corrected chi connectivity index (χ3v) is 7.15. The van der Waals surface area contributed by atoms with Gasteiger partial charge in [0.15, 0.2) is 11.5 Å². The van der Waals surface area contributed by atoms with Gasteiger partial charge in [-0.1, -0.05) is 0 Å². The summed E-state index contributed by atoms with van der Waals surface area (Å²) in [5.41, 5.74) is 0.0966. The number of rotatable bonds is 13. The lowest BCUT2D eigenvalue weighted by molar-refractivity contribution is -0.119. The average molecular weight is 549 g/mol. The quantitative estimate of drug-likeness (QED) is 0.324. The fourth-order valence-electron chi connectivity index (χ4n) is 3.47. The Morgan fingerprint density at radius 1 is 0.816 bits per heavy atom. The summed E-state index contributed by atoms with van der Waals surface area (Å²) >= 11 is 0. The molecule has 3 aromatic rings. The van der Waals surface area contributed by atoms with Gasteiger partial charge in [-0.15, -0.1) is 0 Å². The lowest BCUT2D eigenvalue weighted by atomic mass is 10.2. The van der Waals surface area contributed by atoms with Crippen LogP contribution in [0, 0.1) is 5.82 Å². The van der Waals surface area contributed by atoms with Crippen LogP contribution in [-0.4, -0.2) is 62.5 Å². The molecule has 0 aliphatic carbocycles. The van der Waals surface area contributed by atoms with Gasteiger partial charge < -0.3 is 29.0 Å². The van der Waals surface area contributed by atoms with Gasteiger partial charge in [-0.05, 0) is 48.5 Å². The number of ether oxygens (including phenoxy) is 5. The number of anilines is 1. The first-order chi connectivity index (χ1) is 18.2. The summed E-state index contributed by atoms with van der Waals surface area (Å²) in [5, 5.41) is 2.63. The van der Waals surface area contributed by atoms with Gasteiger partial charge in [0, 0.05) is 12.1 Å². The lowest BCUT2D eigenvalue weighted by Gasteiger charge is -2.26. The monoisotopic (exact) mass is 548 g/mol. The highest BCUT2D eigenvalue weighted by atomic mass is 32.2. The van der Waals surface area contributed by atoms with Gasteiger partial charge in [0.1, 0.15) is 36.2 Å². The van der Waals surface area contributed by atoms with Crippen molar-refractivity contribution in [1.82, 2.24) is 5.32 Å². The second-order valence-electron chi connectivity index (χ2n) is 7.72. The molecule has 3 aromatic carbocycles. The molecule has 0 saturated carbocycles. The number of amides is 1. The topological polar surface area (TPSA) is 113 Å². The molecule has 0 bridgehead atoms. The Hall–Kier alpha value is -4.19. The third kappa shape index (κ3) is 6.76. The van der Waals surface area contributed by atoms with Crippen LogP contribution in [0.1, 0.15) is 0 Å². The molecular weight excluding hydrogens is 519 g/mol. The molecule has 0 heterocycles. The Labute approximate surface area is 220 Å². The van der Waals surface area contributed by atoms with Gasteiger partial charge in [-0.25, -0.2) is 12.8 Å². The summed E-state index contributed by atoms with van der Waals surface area (Å²) in [7, 11) is 1.34. The van der Waals surface area contributed by atoms with E-state index in [1.54, 1.807) is 12.1 Å². The summed E-state index contributed by atoms with van der Waals surface area (Å²) in [6.07, 6.45) is 0. The normalized spacial score (nSPS) is 10.9. The number of benzene rings is 3. The minimum atomic E-state index is -4.31. The largest absolute Gasteiger partial charge is 0.497 e. The molecule has 0 aliphatic rings. The van der Waals surface area contributed by atoms with E-state index >= 15 is 0 Å². The van der Waals surface area contributed by atoms with Crippen molar-refractivity contribution in [3.05, 3.63) is 66.5 Å². The Balaban J connectivity index is 1.88. The van der Waals surface area contributed by atoms with Crippen molar-refractivity contribution < 1.29 is 41.3 Å². The van der Waals surface area contributed by atoms with E-state index in [1.807, 2.05) is 0 Å². The van der Waals surface area contributed by atoms with Gasteiger partial charge in [0.2, 0.25) is 5.91 Å². The minimum Gasteiger partial charge on any atom is -0.497 e. The molecule has 0 spiro atoms. The van der Waals surface area contributed by atoms with Crippen LogP contribution in [0.15, 0.2) is 65.6 Å². The third-order valence-electron chi connectivity index (χ3n) is 5.39. The van der Waals surface area contributed by atoms with E-state index < -0.39 is 28.3 Å². The van der Waals surface area contributed by atoms with Gasteiger partial charge in [-0.3, -0.25) is 9.10 Å². The van der Waals surface area contributed by atoms with Gasteiger partial charge in [-0.2, -0.15) is 0 Å². The molecule has 1 amide bonds. The Morgan fingerprint density at radius 3 is 2.08 bits per heavy atom. The number of hydrogen-bond donors (Lipinski definition) is 1. The first kappa shape index (κ1) is 28.4. The molecule has 0 atom stereocenters. The summed E-state index contributed by atoms with van der Waals surface area (Å²) in [6, 6.07) is 14.2. The van der Waals surface area contributed by atoms with Crippen LogP contribution in [0.3, 0.4) is 0 Å². The van der Waals surface area contributed by atoms with Crippen LogP contribution in [0.2, 0.25) is 0 Å². The number of carbonyl (C=O) groups excluding carboxylic acids is 1. The first-order valence-electron chi connectivity index (χ1n) is 11.3. The number of carbonyl (C=O) groups is 1. The Bertz CT molecular complexity index is 1350. The summed E-state index contributed by atoms with van der Waals surface area (Å²) in [4.78, 5) is 12.8. The van der Waals surface area contributed by atoms with Gasteiger partial charge in [0.25, 0.3) is 10.0 Å². The summed E-state index contributed by atoms with van der Waals surface area (Å²) in [6.45, 7) is -0.408. The van der Waals surface area contributed by atoms with Crippen molar-refractivity contribution in [2.24, 2.45) is 0 Å². The van der Waals surface area contributed by atoms with Crippen LogP contribution in [-0.2, 0) is 14.8 Å². The average Bonchev–Trinajstić information content (AvgIpc) is 2.94. The molecular formula is C26H29FN2O8S. The molecule has 0 fully saturated rings. The minimum absolute atomic E-state index is 0.0791. The van der Waals surface area contributed by atoms with E-state index in [4.69, 9.17) is 23.7 Å². The lowest BCUT2D eigenvalue weighted by Crippen LogP contribution is -2.42. The number of halogens is 1. The van der Waals surface area contributed by atoms with E-state index in [0.29, 0.717) is 17.2 Å². The van der Waals surface area contributed by atoms with Crippen molar-refractivity contribution in [2.75, 3.05) is 52.4 Å². The Kier molecular flexibility index (Phi) is 9.61. The maximum Gasteiger partial charge on any atom is 0.265 e. The molecule has 0 aliphatic heterocycles. The van der Waals surface area contributed by atoms with Crippen LogP contribution in [0.4, 0.5) is 10.1 Å². The zero-order valence-corrected chi connectivity index (χ0v) is 22.2. The maximum absolute atomic E-state index is 13.8. The second-order valence-corrected chi connectivity index (χ2v) is 9.58. The molecule has 12 heteroatoms. The van der Waals surface area contributed by atoms with Crippen molar-refractivity contribution in [1.29, 1.82) is 0 Å². The second kappa shape index (κ2) is 12.9. The number of sulfonamides is 1. The Morgan fingerprint density at radius 2 is 1.45 bits per heavy atom. The van der Waals surface area contributed by atoms with E-state index in [9.17, 15) is 17.6 Å². The molecule has 38 heavy (non-hydrogen) atoms. The highest BCUT2D eigenvalue weighted by Crippen LogP contribution is 2.37. The van der Waals surface area contributed by atoms with Crippen LogP contribution >= 0.6 is 0 Å². The molecule has 0 unspecified atom stereocenters. The number of nitrogens with one attached hydrogen (secondary N) is 1. The van der Waals surface area contributed by atoms with Crippen molar-refractivity contribution in [3.63, 3.8) is 0 Å². The van der Waals surface area contributed by atoms with E-state index in [2.05, 4.69) is 5.32 Å².